The molecule has 0 spiro atoms. The highest BCUT2D eigenvalue weighted by molar-refractivity contribution is 5.95. The van der Waals surface area contributed by atoms with Crippen molar-refractivity contribution in [3.63, 3.8) is 0 Å². The van der Waals surface area contributed by atoms with E-state index in [4.69, 9.17) is 4.74 Å². The summed E-state index contributed by atoms with van der Waals surface area (Å²) in [5.41, 5.74) is 0.957. The van der Waals surface area contributed by atoms with Gasteiger partial charge in [-0.2, -0.15) is 0 Å². The number of carbonyl (C=O) groups excluding carboxylic acids is 2. The third kappa shape index (κ3) is 3.33. The average Bonchev–Trinajstić information content (AvgIpc) is 3.03. The normalized spacial score (nSPS) is 28.5. The molecule has 2 atom stereocenters. The Morgan fingerprint density at radius 3 is 2.50 bits per heavy atom. The fraction of sp³-hybridized carbons (Fsp3) is 0.600. The van der Waals surface area contributed by atoms with Gasteiger partial charge in [-0.05, 0) is 30.2 Å². The fourth-order valence-corrected chi connectivity index (χ4v) is 4.10. The van der Waals surface area contributed by atoms with Gasteiger partial charge in [-0.25, -0.2) is 9.69 Å². The Morgan fingerprint density at radius 2 is 1.88 bits per heavy atom. The molecule has 4 heteroatoms. The van der Waals surface area contributed by atoms with Gasteiger partial charge in [0.1, 0.15) is 12.6 Å². The quantitative estimate of drug-likeness (QED) is 0.813. The second kappa shape index (κ2) is 7.37. The highest BCUT2D eigenvalue weighted by Gasteiger charge is 2.42. The first kappa shape index (κ1) is 17.0. The van der Waals surface area contributed by atoms with Crippen LogP contribution in [0.2, 0.25) is 0 Å². The maximum Gasteiger partial charge on any atom is 0.417 e. The van der Waals surface area contributed by atoms with E-state index in [2.05, 4.69) is 6.92 Å². The number of cyclic esters (lactones) is 1. The molecule has 1 saturated heterocycles. The van der Waals surface area contributed by atoms with Crippen molar-refractivity contribution in [3.05, 3.63) is 35.9 Å². The highest BCUT2D eigenvalue weighted by atomic mass is 16.6. The molecule has 0 bridgehead atoms. The zero-order valence-corrected chi connectivity index (χ0v) is 14.6. The van der Waals surface area contributed by atoms with E-state index in [9.17, 15) is 9.59 Å². The molecular formula is C20H27NO3. The summed E-state index contributed by atoms with van der Waals surface area (Å²) in [6.07, 6.45) is 5.30. The van der Waals surface area contributed by atoms with Gasteiger partial charge in [-0.15, -0.1) is 0 Å². The number of ether oxygens (including phenoxy) is 1. The summed E-state index contributed by atoms with van der Waals surface area (Å²) >= 11 is 0. The Hall–Kier alpha value is -1.84. The van der Waals surface area contributed by atoms with Gasteiger partial charge in [0.2, 0.25) is 5.91 Å². The van der Waals surface area contributed by atoms with E-state index < -0.39 is 6.09 Å². The molecule has 130 valence electrons. The van der Waals surface area contributed by atoms with Crippen molar-refractivity contribution in [2.24, 2.45) is 17.8 Å². The zero-order valence-electron chi connectivity index (χ0n) is 14.6. The van der Waals surface area contributed by atoms with Gasteiger partial charge in [-0.1, -0.05) is 63.4 Å². The third-order valence-electron chi connectivity index (χ3n) is 5.86. The molecule has 24 heavy (non-hydrogen) atoms. The minimum absolute atomic E-state index is 0.0775. The number of imide groups is 1. The van der Waals surface area contributed by atoms with E-state index in [1.54, 1.807) is 0 Å². The molecule has 1 aromatic rings. The minimum atomic E-state index is -0.497. The van der Waals surface area contributed by atoms with E-state index in [0.29, 0.717) is 5.92 Å². The van der Waals surface area contributed by atoms with Crippen LogP contribution in [0.25, 0.3) is 0 Å². The van der Waals surface area contributed by atoms with Gasteiger partial charge >= 0.3 is 6.09 Å². The van der Waals surface area contributed by atoms with Crippen molar-refractivity contribution >= 4 is 12.0 Å². The lowest BCUT2D eigenvalue weighted by Crippen LogP contribution is -2.40. The molecule has 2 amide bonds. The number of amides is 2. The molecule has 0 N–H and O–H groups in total. The number of hydrogen-bond acceptors (Lipinski definition) is 3. The lowest BCUT2D eigenvalue weighted by molar-refractivity contribution is -0.135. The van der Waals surface area contributed by atoms with Gasteiger partial charge < -0.3 is 4.74 Å². The molecule has 2 unspecified atom stereocenters. The zero-order chi connectivity index (χ0) is 17.1. The second-order valence-electron chi connectivity index (χ2n) is 7.19. The van der Waals surface area contributed by atoms with Gasteiger partial charge in [-0.3, -0.25) is 4.79 Å². The van der Waals surface area contributed by atoms with Crippen LogP contribution in [-0.2, 0) is 9.53 Å². The Morgan fingerprint density at radius 1 is 1.21 bits per heavy atom. The van der Waals surface area contributed by atoms with E-state index in [1.165, 1.54) is 24.2 Å². The van der Waals surface area contributed by atoms with Crippen LogP contribution in [-0.4, -0.2) is 23.5 Å². The molecule has 1 saturated carbocycles. The number of hydrogen-bond donors (Lipinski definition) is 0. The number of benzene rings is 1. The predicted molar refractivity (Wildman–Crippen MR) is 92.3 cm³/mol. The van der Waals surface area contributed by atoms with Crippen LogP contribution in [0.3, 0.4) is 0 Å². The largest absolute Gasteiger partial charge is 0.446 e. The van der Waals surface area contributed by atoms with E-state index in [0.717, 1.165) is 24.3 Å². The van der Waals surface area contributed by atoms with Crippen molar-refractivity contribution in [2.75, 3.05) is 6.61 Å². The lowest BCUT2D eigenvalue weighted by atomic mass is 9.75. The van der Waals surface area contributed by atoms with Crippen LogP contribution in [0.4, 0.5) is 4.79 Å². The van der Waals surface area contributed by atoms with Crippen LogP contribution < -0.4 is 0 Å². The van der Waals surface area contributed by atoms with Crippen molar-refractivity contribution in [3.8, 4) is 0 Å². The van der Waals surface area contributed by atoms with Crippen molar-refractivity contribution in [1.82, 2.24) is 4.90 Å². The molecule has 4 nitrogen and oxygen atoms in total. The average molecular weight is 329 g/mol. The smallest absolute Gasteiger partial charge is 0.417 e. The van der Waals surface area contributed by atoms with Crippen LogP contribution >= 0.6 is 0 Å². The molecule has 1 heterocycles. The molecule has 3 rings (SSSR count). The lowest BCUT2D eigenvalue weighted by Gasteiger charge is -2.33. The van der Waals surface area contributed by atoms with Crippen LogP contribution in [0, 0.1) is 17.8 Å². The van der Waals surface area contributed by atoms with Crippen molar-refractivity contribution < 1.29 is 14.3 Å². The summed E-state index contributed by atoms with van der Waals surface area (Å²) in [5, 5.41) is 0. The summed E-state index contributed by atoms with van der Waals surface area (Å²) in [4.78, 5) is 26.5. The second-order valence-corrected chi connectivity index (χ2v) is 7.19. The van der Waals surface area contributed by atoms with Crippen LogP contribution in [0.15, 0.2) is 30.3 Å². The van der Waals surface area contributed by atoms with E-state index >= 15 is 0 Å². The molecule has 2 fully saturated rings. The van der Waals surface area contributed by atoms with Gasteiger partial charge in [0.05, 0.1) is 0 Å². The number of nitrogens with zero attached hydrogens (tertiary/aromatic N) is 1. The molecule has 1 aliphatic heterocycles. The Labute approximate surface area is 144 Å². The maximum absolute atomic E-state index is 13.0. The van der Waals surface area contributed by atoms with Crippen molar-refractivity contribution in [1.29, 1.82) is 0 Å². The Bertz CT molecular complexity index is 578. The summed E-state index contributed by atoms with van der Waals surface area (Å²) in [6, 6.07) is 9.39. The molecule has 0 aromatic heterocycles. The summed E-state index contributed by atoms with van der Waals surface area (Å²) < 4.78 is 5.19. The molecule has 0 radical (unpaired) electrons. The van der Waals surface area contributed by atoms with Crippen molar-refractivity contribution in [2.45, 2.75) is 52.0 Å². The first-order chi connectivity index (χ1) is 11.6. The SMILES string of the molecule is CCC1CCC(C(C)C(=O)N2C(=O)OCC2c2ccccc2)CC1. The van der Waals surface area contributed by atoms with Gasteiger partial charge in [0.15, 0.2) is 0 Å². The summed E-state index contributed by atoms with van der Waals surface area (Å²) in [5.74, 6) is 0.980. The number of carbonyl (C=O) groups is 2. The molecule has 1 aromatic carbocycles. The predicted octanol–water partition coefficient (Wildman–Crippen LogP) is 4.56. The van der Waals surface area contributed by atoms with E-state index in [1.807, 2.05) is 37.3 Å². The third-order valence-corrected chi connectivity index (χ3v) is 5.86. The molecular weight excluding hydrogens is 302 g/mol. The highest BCUT2D eigenvalue weighted by Crippen LogP contribution is 2.37. The van der Waals surface area contributed by atoms with Crippen LogP contribution in [0.1, 0.15) is 57.6 Å². The maximum atomic E-state index is 13.0. The summed E-state index contributed by atoms with van der Waals surface area (Å²) in [6.45, 7) is 4.47. The molecule has 2 aliphatic rings. The van der Waals surface area contributed by atoms with E-state index in [-0.39, 0.29) is 24.5 Å². The standard InChI is InChI=1S/C20H27NO3/c1-3-15-9-11-16(12-10-15)14(2)19(22)21-18(13-24-20(21)23)17-7-5-4-6-8-17/h4-8,14-16,18H,3,9-13H2,1-2H3. The topological polar surface area (TPSA) is 46.6 Å². The first-order valence-corrected chi connectivity index (χ1v) is 9.16. The van der Waals surface area contributed by atoms with Gasteiger partial charge in [0, 0.05) is 5.92 Å². The monoisotopic (exact) mass is 329 g/mol. The van der Waals surface area contributed by atoms with Crippen LogP contribution in [0.5, 0.6) is 0 Å². The Balaban J connectivity index is 1.71. The summed E-state index contributed by atoms with van der Waals surface area (Å²) in [7, 11) is 0. The fourth-order valence-electron chi connectivity index (χ4n) is 4.10. The minimum Gasteiger partial charge on any atom is -0.446 e. The number of rotatable bonds is 4. The first-order valence-electron chi connectivity index (χ1n) is 9.16. The van der Waals surface area contributed by atoms with Gasteiger partial charge in [0.25, 0.3) is 0 Å². The molecule has 1 aliphatic carbocycles. The Kier molecular flexibility index (Phi) is 5.22.